The van der Waals surface area contributed by atoms with Crippen molar-refractivity contribution >= 4 is 29.0 Å². The van der Waals surface area contributed by atoms with E-state index in [1.165, 1.54) is 4.52 Å². The predicted octanol–water partition coefficient (Wildman–Crippen LogP) is 1.47. The number of hydrogen-bond donors (Lipinski definition) is 4. The second-order valence-electron chi connectivity index (χ2n) is 5.51. The molecule has 0 radical (unpaired) electrons. The van der Waals surface area contributed by atoms with Gasteiger partial charge in [0.05, 0.1) is 6.26 Å². The second-order valence-corrected chi connectivity index (χ2v) is 5.51. The van der Waals surface area contributed by atoms with E-state index in [1.807, 2.05) is 24.3 Å². The molecule has 0 aliphatic carbocycles. The third-order valence-corrected chi connectivity index (χ3v) is 3.62. The van der Waals surface area contributed by atoms with Gasteiger partial charge in [-0.2, -0.15) is 19.5 Å². The third-order valence-electron chi connectivity index (χ3n) is 3.62. The molecule has 4 aromatic rings. The number of nitrogens with two attached hydrogens (primary N) is 2. The van der Waals surface area contributed by atoms with Gasteiger partial charge in [-0.3, -0.25) is 0 Å². The average molecular weight is 351 g/mol. The molecule has 0 bridgehead atoms. The second kappa shape index (κ2) is 6.59. The first-order valence-electron chi connectivity index (χ1n) is 7.96. The van der Waals surface area contributed by atoms with Gasteiger partial charge in [0.2, 0.25) is 17.7 Å². The molecule has 6 N–H and O–H groups in total. The predicted molar refractivity (Wildman–Crippen MR) is 98.5 cm³/mol. The van der Waals surface area contributed by atoms with Crippen LogP contribution in [-0.4, -0.2) is 37.7 Å². The number of aromatic nitrogens is 5. The van der Waals surface area contributed by atoms with Crippen LogP contribution in [0.1, 0.15) is 0 Å². The van der Waals surface area contributed by atoms with E-state index in [4.69, 9.17) is 15.9 Å². The van der Waals surface area contributed by atoms with Gasteiger partial charge in [0.25, 0.3) is 5.78 Å². The molecule has 10 nitrogen and oxygen atoms in total. The van der Waals surface area contributed by atoms with Gasteiger partial charge < -0.3 is 26.5 Å². The number of benzene rings is 1. The minimum Gasteiger partial charge on any atom is -0.461 e. The first-order valence-corrected chi connectivity index (χ1v) is 7.96. The van der Waals surface area contributed by atoms with E-state index in [1.54, 1.807) is 18.4 Å². The molecule has 0 amide bonds. The van der Waals surface area contributed by atoms with E-state index >= 15 is 0 Å². The van der Waals surface area contributed by atoms with Crippen molar-refractivity contribution in [3.8, 4) is 11.6 Å². The Kier molecular flexibility index (Phi) is 3.98. The van der Waals surface area contributed by atoms with Crippen molar-refractivity contribution in [3.63, 3.8) is 0 Å². The fourth-order valence-corrected chi connectivity index (χ4v) is 2.38. The molecule has 0 atom stereocenters. The summed E-state index contributed by atoms with van der Waals surface area (Å²) in [4.78, 5) is 12.8. The van der Waals surface area contributed by atoms with Gasteiger partial charge in [0, 0.05) is 24.5 Å². The average Bonchev–Trinajstić information content (AvgIpc) is 3.30. The molecule has 10 heteroatoms. The summed E-state index contributed by atoms with van der Waals surface area (Å²) in [7, 11) is 0. The molecule has 0 fully saturated rings. The number of nitrogens with one attached hydrogen (secondary N) is 2. The molecule has 0 unspecified atom stereocenters. The van der Waals surface area contributed by atoms with E-state index in [0.29, 0.717) is 36.4 Å². The smallest absolute Gasteiger partial charge is 0.259 e. The topological polar surface area (TPSA) is 145 Å². The zero-order valence-corrected chi connectivity index (χ0v) is 13.8. The van der Waals surface area contributed by atoms with Crippen molar-refractivity contribution in [2.75, 3.05) is 35.2 Å². The summed E-state index contributed by atoms with van der Waals surface area (Å²) in [6.07, 6.45) is 1.55. The van der Waals surface area contributed by atoms with E-state index in [2.05, 4.69) is 30.7 Å². The van der Waals surface area contributed by atoms with E-state index in [0.717, 1.165) is 11.4 Å². The number of nitrogen functional groups attached to an aromatic ring is 2. The van der Waals surface area contributed by atoms with Crippen LogP contribution in [0.15, 0.2) is 47.1 Å². The molecule has 3 aromatic heterocycles. The number of rotatable bonds is 6. The summed E-state index contributed by atoms with van der Waals surface area (Å²) < 4.78 is 6.66. The van der Waals surface area contributed by atoms with Gasteiger partial charge in [0.1, 0.15) is 0 Å². The summed E-state index contributed by atoms with van der Waals surface area (Å²) >= 11 is 0. The van der Waals surface area contributed by atoms with Crippen LogP contribution < -0.4 is 22.1 Å². The van der Waals surface area contributed by atoms with Gasteiger partial charge in [-0.1, -0.05) is 0 Å². The Morgan fingerprint density at radius 2 is 1.77 bits per heavy atom. The number of nitrogens with zero attached hydrogens (tertiary/aromatic N) is 5. The lowest BCUT2D eigenvalue weighted by Gasteiger charge is -2.08. The first-order chi connectivity index (χ1) is 12.7. The van der Waals surface area contributed by atoms with Crippen molar-refractivity contribution in [3.05, 3.63) is 42.7 Å². The van der Waals surface area contributed by atoms with Crippen LogP contribution in [0.2, 0.25) is 0 Å². The van der Waals surface area contributed by atoms with Crippen LogP contribution in [0, 0.1) is 0 Å². The molecule has 0 spiro atoms. The summed E-state index contributed by atoms with van der Waals surface area (Å²) in [6, 6.07) is 11.0. The van der Waals surface area contributed by atoms with Gasteiger partial charge in [-0.05, 0) is 36.4 Å². The summed E-state index contributed by atoms with van der Waals surface area (Å²) in [6.45, 7) is 1.27. The SMILES string of the molecule is Nc1ccc(NCCNc2nc(N)n3nc(-c4ccco4)nc3n2)cc1. The standard InChI is InChI=1S/C16H17N9O/c17-10-3-5-11(6-4-10)19-7-8-20-15-22-14(18)25-16(23-15)21-13(24-25)12-2-1-9-26-12/h1-6,9,19H,7-8,17H2,(H3,18,20,21,22,23,24). The molecular formula is C16H17N9O. The number of hydrogen-bond acceptors (Lipinski definition) is 9. The first kappa shape index (κ1) is 15.7. The number of furan rings is 1. The van der Waals surface area contributed by atoms with Crippen LogP contribution >= 0.6 is 0 Å². The van der Waals surface area contributed by atoms with Crippen LogP contribution in [0.4, 0.5) is 23.3 Å². The third kappa shape index (κ3) is 3.20. The molecule has 26 heavy (non-hydrogen) atoms. The molecule has 0 saturated heterocycles. The van der Waals surface area contributed by atoms with Crippen LogP contribution in [0.25, 0.3) is 17.4 Å². The van der Waals surface area contributed by atoms with Crippen molar-refractivity contribution in [2.45, 2.75) is 0 Å². The molecule has 0 saturated carbocycles. The van der Waals surface area contributed by atoms with Crippen molar-refractivity contribution in [1.82, 2.24) is 24.6 Å². The Morgan fingerprint density at radius 1 is 0.962 bits per heavy atom. The minimum atomic E-state index is 0.189. The Balaban J connectivity index is 1.42. The largest absolute Gasteiger partial charge is 0.461 e. The minimum absolute atomic E-state index is 0.189. The lowest BCUT2D eigenvalue weighted by Crippen LogP contribution is -2.16. The highest BCUT2D eigenvalue weighted by molar-refractivity contribution is 5.53. The van der Waals surface area contributed by atoms with E-state index in [-0.39, 0.29) is 5.95 Å². The number of anilines is 4. The lowest BCUT2D eigenvalue weighted by molar-refractivity contribution is 0.577. The summed E-state index contributed by atoms with van der Waals surface area (Å²) in [5, 5.41) is 10.6. The Bertz CT molecular complexity index is 1010. The van der Waals surface area contributed by atoms with Gasteiger partial charge >= 0.3 is 0 Å². The molecule has 1 aromatic carbocycles. The maximum Gasteiger partial charge on any atom is 0.259 e. The molecular weight excluding hydrogens is 334 g/mol. The van der Waals surface area contributed by atoms with Crippen molar-refractivity contribution in [1.29, 1.82) is 0 Å². The van der Waals surface area contributed by atoms with Crippen molar-refractivity contribution < 1.29 is 4.42 Å². The van der Waals surface area contributed by atoms with Crippen molar-refractivity contribution in [2.24, 2.45) is 0 Å². The summed E-state index contributed by atoms with van der Waals surface area (Å²) in [5.41, 5.74) is 13.3. The van der Waals surface area contributed by atoms with Crippen LogP contribution in [-0.2, 0) is 0 Å². The molecule has 4 rings (SSSR count). The Morgan fingerprint density at radius 3 is 2.54 bits per heavy atom. The van der Waals surface area contributed by atoms with Gasteiger partial charge in [-0.15, -0.1) is 5.10 Å². The normalized spacial score (nSPS) is 10.9. The maximum atomic E-state index is 5.94. The maximum absolute atomic E-state index is 5.94. The molecule has 132 valence electrons. The highest BCUT2D eigenvalue weighted by Gasteiger charge is 2.13. The molecule has 0 aliphatic heterocycles. The molecule has 3 heterocycles. The summed E-state index contributed by atoms with van der Waals surface area (Å²) in [5.74, 6) is 1.86. The zero-order valence-electron chi connectivity index (χ0n) is 13.8. The van der Waals surface area contributed by atoms with Gasteiger partial charge in [0.15, 0.2) is 5.76 Å². The van der Waals surface area contributed by atoms with Crippen LogP contribution in [0.3, 0.4) is 0 Å². The highest BCUT2D eigenvalue weighted by Crippen LogP contribution is 2.17. The fourth-order valence-electron chi connectivity index (χ4n) is 2.38. The number of fused-ring (bicyclic) bond motifs is 1. The van der Waals surface area contributed by atoms with Gasteiger partial charge in [-0.25, -0.2) is 0 Å². The molecule has 0 aliphatic rings. The lowest BCUT2D eigenvalue weighted by atomic mass is 10.3. The Labute approximate surface area is 148 Å². The highest BCUT2D eigenvalue weighted by atomic mass is 16.3. The zero-order chi connectivity index (χ0) is 17.9. The quantitative estimate of drug-likeness (QED) is 0.299. The van der Waals surface area contributed by atoms with E-state index in [9.17, 15) is 0 Å². The monoisotopic (exact) mass is 351 g/mol. The Hall–Kier alpha value is -3.82. The van der Waals surface area contributed by atoms with E-state index < -0.39 is 0 Å². The fraction of sp³-hybridized carbons (Fsp3) is 0.125. The van der Waals surface area contributed by atoms with Crippen LogP contribution in [0.5, 0.6) is 0 Å².